The molecule has 0 saturated heterocycles. The average molecular weight is 375 g/mol. The van der Waals surface area contributed by atoms with Gasteiger partial charge in [0.25, 0.3) is 0 Å². The second-order valence-corrected chi connectivity index (χ2v) is 7.23. The number of fused-ring (bicyclic) bond motifs is 1. The number of primary amides is 1. The van der Waals surface area contributed by atoms with Crippen LogP contribution in [0.4, 0.5) is 0 Å². The number of hydrogen-bond donors (Lipinski definition) is 3. The minimum absolute atomic E-state index is 0.301. The smallest absolute Gasteiger partial charge is 0.247 e. The van der Waals surface area contributed by atoms with Crippen molar-refractivity contribution >= 4 is 28.8 Å². The number of rotatable bonds is 5. The van der Waals surface area contributed by atoms with Crippen molar-refractivity contribution in [3.05, 3.63) is 64.9 Å². The van der Waals surface area contributed by atoms with Crippen LogP contribution >= 0.6 is 0 Å². The molecule has 2 aromatic carbocycles. The van der Waals surface area contributed by atoms with Gasteiger partial charge in [0.2, 0.25) is 11.8 Å². The first-order valence-electron chi connectivity index (χ1n) is 9.23. The molecule has 0 fully saturated rings. The van der Waals surface area contributed by atoms with Gasteiger partial charge >= 0.3 is 0 Å². The normalized spacial score (nSPS) is 12.8. The van der Waals surface area contributed by atoms with E-state index in [-0.39, 0.29) is 5.91 Å². The van der Waals surface area contributed by atoms with Gasteiger partial charge in [-0.25, -0.2) is 0 Å². The van der Waals surface area contributed by atoms with E-state index in [1.807, 2.05) is 19.2 Å². The summed E-state index contributed by atoms with van der Waals surface area (Å²) in [6.07, 6.45) is 3.78. The van der Waals surface area contributed by atoms with Crippen molar-refractivity contribution in [1.29, 1.82) is 0 Å². The van der Waals surface area contributed by atoms with Gasteiger partial charge in [0.1, 0.15) is 6.04 Å². The van der Waals surface area contributed by atoms with E-state index >= 15 is 0 Å². The second kappa shape index (κ2) is 7.72. The molecule has 0 bridgehead atoms. The van der Waals surface area contributed by atoms with Crippen LogP contribution in [0.1, 0.15) is 30.5 Å². The summed E-state index contributed by atoms with van der Waals surface area (Å²) in [4.78, 5) is 26.6. The zero-order valence-corrected chi connectivity index (χ0v) is 16.6. The maximum Gasteiger partial charge on any atom is 0.247 e. The first kappa shape index (κ1) is 19.4. The van der Waals surface area contributed by atoms with Crippen molar-refractivity contribution in [2.45, 2.75) is 33.7 Å². The standard InChI is InChI=1S/C23H25N3O2/c1-13-11-20(17-5-6-21-18(12-17)7-8-25-21)14(2)9-19(13)10-15(3)23(28)26-16(4)22(24)27/h5-12,16,25H,1-4H3,(H2,24,27)(H,26,28)/t16-/m0/s1. The van der Waals surface area contributed by atoms with Gasteiger partial charge in [0.15, 0.2) is 0 Å². The number of carbonyl (C=O) groups is 2. The molecule has 3 aromatic rings. The van der Waals surface area contributed by atoms with Gasteiger partial charge in [0.05, 0.1) is 0 Å². The van der Waals surface area contributed by atoms with Gasteiger partial charge in [-0.3, -0.25) is 9.59 Å². The maximum absolute atomic E-state index is 12.3. The van der Waals surface area contributed by atoms with E-state index in [2.05, 4.69) is 53.6 Å². The molecule has 0 aliphatic rings. The predicted octanol–water partition coefficient (Wildman–Crippen LogP) is 3.85. The minimum Gasteiger partial charge on any atom is -0.368 e. The monoisotopic (exact) mass is 375 g/mol. The first-order chi connectivity index (χ1) is 13.3. The average Bonchev–Trinajstić information content (AvgIpc) is 3.11. The number of carbonyl (C=O) groups excluding carboxylic acids is 2. The van der Waals surface area contributed by atoms with Gasteiger partial charge in [-0.05, 0) is 85.2 Å². The van der Waals surface area contributed by atoms with E-state index in [0.717, 1.165) is 27.8 Å². The molecule has 3 rings (SSSR count). The molecule has 5 nitrogen and oxygen atoms in total. The number of aryl methyl sites for hydroxylation is 2. The largest absolute Gasteiger partial charge is 0.368 e. The lowest BCUT2D eigenvalue weighted by atomic mass is 9.93. The molecule has 1 aromatic heterocycles. The number of aromatic nitrogens is 1. The third-order valence-electron chi connectivity index (χ3n) is 4.98. The number of H-pyrrole nitrogens is 1. The summed E-state index contributed by atoms with van der Waals surface area (Å²) < 4.78 is 0. The van der Waals surface area contributed by atoms with E-state index in [1.54, 1.807) is 13.8 Å². The SMILES string of the molecule is CC(=Cc1cc(C)c(-c2ccc3[nH]ccc3c2)cc1C)C(=O)N[C@@H](C)C(N)=O. The molecule has 0 unspecified atom stereocenters. The molecule has 1 heterocycles. The number of nitrogens with two attached hydrogens (primary N) is 1. The fourth-order valence-electron chi connectivity index (χ4n) is 3.21. The molecule has 0 aliphatic heterocycles. The lowest BCUT2D eigenvalue weighted by Crippen LogP contribution is -2.42. The highest BCUT2D eigenvalue weighted by molar-refractivity contribution is 5.99. The van der Waals surface area contributed by atoms with Crippen molar-refractivity contribution in [3.8, 4) is 11.1 Å². The van der Waals surface area contributed by atoms with E-state index in [0.29, 0.717) is 5.57 Å². The third kappa shape index (κ3) is 3.98. The fourth-order valence-corrected chi connectivity index (χ4v) is 3.21. The maximum atomic E-state index is 12.3. The van der Waals surface area contributed by atoms with Crippen LogP contribution in [0.3, 0.4) is 0 Å². The molecule has 5 heteroatoms. The van der Waals surface area contributed by atoms with Crippen LogP contribution in [0.2, 0.25) is 0 Å². The molecule has 28 heavy (non-hydrogen) atoms. The third-order valence-corrected chi connectivity index (χ3v) is 4.98. The lowest BCUT2D eigenvalue weighted by Gasteiger charge is -2.13. The number of hydrogen-bond acceptors (Lipinski definition) is 2. The van der Waals surface area contributed by atoms with Crippen LogP contribution < -0.4 is 11.1 Å². The Morgan fingerprint density at radius 1 is 1.11 bits per heavy atom. The van der Waals surface area contributed by atoms with Crippen LogP contribution in [0, 0.1) is 13.8 Å². The van der Waals surface area contributed by atoms with Gasteiger partial charge in [0, 0.05) is 17.3 Å². The molecule has 0 radical (unpaired) electrons. The molecule has 2 amide bonds. The van der Waals surface area contributed by atoms with Gasteiger partial charge in [-0.15, -0.1) is 0 Å². The summed E-state index contributed by atoms with van der Waals surface area (Å²) in [7, 11) is 0. The summed E-state index contributed by atoms with van der Waals surface area (Å²) >= 11 is 0. The summed E-state index contributed by atoms with van der Waals surface area (Å²) in [5.41, 5.74) is 12.4. The Kier molecular flexibility index (Phi) is 5.36. The fraction of sp³-hybridized carbons (Fsp3) is 0.217. The molecule has 144 valence electrons. The van der Waals surface area contributed by atoms with Crippen LogP contribution in [-0.4, -0.2) is 22.8 Å². The Morgan fingerprint density at radius 3 is 2.57 bits per heavy atom. The topological polar surface area (TPSA) is 88.0 Å². The van der Waals surface area contributed by atoms with Gasteiger partial charge in [-0.1, -0.05) is 18.2 Å². The number of amides is 2. The van der Waals surface area contributed by atoms with Gasteiger partial charge in [-0.2, -0.15) is 0 Å². The lowest BCUT2D eigenvalue weighted by molar-refractivity contribution is -0.124. The van der Waals surface area contributed by atoms with Crippen molar-refractivity contribution in [3.63, 3.8) is 0 Å². The first-order valence-corrected chi connectivity index (χ1v) is 9.23. The van der Waals surface area contributed by atoms with Crippen molar-refractivity contribution in [2.24, 2.45) is 5.73 Å². The van der Waals surface area contributed by atoms with Crippen molar-refractivity contribution in [2.75, 3.05) is 0 Å². The highest BCUT2D eigenvalue weighted by Gasteiger charge is 2.14. The minimum atomic E-state index is -0.704. The molecule has 4 N–H and O–H groups in total. The molecule has 0 spiro atoms. The summed E-state index contributed by atoms with van der Waals surface area (Å²) in [5, 5.41) is 3.78. The summed E-state index contributed by atoms with van der Waals surface area (Å²) in [6.45, 7) is 7.39. The second-order valence-electron chi connectivity index (χ2n) is 7.23. The molecule has 0 aliphatic carbocycles. The quantitative estimate of drug-likeness (QED) is 0.592. The predicted molar refractivity (Wildman–Crippen MR) is 114 cm³/mol. The van der Waals surface area contributed by atoms with E-state index < -0.39 is 11.9 Å². The van der Waals surface area contributed by atoms with Crippen molar-refractivity contribution in [1.82, 2.24) is 10.3 Å². The van der Waals surface area contributed by atoms with E-state index in [1.165, 1.54) is 10.9 Å². The summed E-state index contributed by atoms with van der Waals surface area (Å²) in [6, 6.07) is 12.0. The molecular formula is C23H25N3O2. The Hall–Kier alpha value is -3.34. The van der Waals surface area contributed by atoms with Crippen LogP contribution in [-0.2, 0) is 9.59 Å². The Bertz CT molecular complexity index is 1090. The summed E-state index contributed by atoms with van der Waals surface area (Å²) in [5.74, 6) is -0.859. The Balaban J connectivity index is 1.91. The number of benzene rings is 2. The highest BCUT2D eigenvalue weighted by Crippen LogP contribution is 2.30. The zero-order valence-electron chi connectivity index (χ0n) is 16.6. The zero-order chi connectivity index (χ0) is 20.4. The van der Waals surface area contributed by atoms with E-state index in [4.69, 9.17) is 5.73 Å². The van der Waals surface area contributed by atoms with Crippen LogP contribution in [0.5, 0.6) is 0 Å². The molecular weight excluding hydrogens is 350 g/mol. The number of aromatic amines is 1. The Labute approximate surface area is 164 Å². The Morgan fingerprint density at radius 2 is 1.86 bits per heavy atom. The highest BCUT2D eigenvalue weighted by atomic mass is 16.2. The molecule has 0 saturated carbocycles. The van der Waals surface area contributed by atoms with Crippen molar-refractivity contribution < 1.29 is 9.59 Å². The molecule has 1 atom stereocenters. The van der Waals surface area contributed by atoms with E-state index in [9.17, 15) is 9.59 Å². The van der Waals surface area contributed by atoms with Crippen LogP contribution in [0.15, 0.2) is 48.2 Å². The van der Waals surface area contributed by atoms with Crippen LogP contribution in [0.25, 0.3) is 28.1 Å². The van der Waals surface area contributed by atoms with Gasteiger partial charge < -0.3 is 16.0 Å². The number of nitrogens with one attached hydrogen (secondary N) is 2.